The van der Waals surface area contributed by atoms with Gasteiger partial charge in [0.15, 0.2) is 0 Å². The summed E-state index contributed by atoms with van der Waals surface area (Å²) in [5.41, 5.74) is 0. The number of carbonyl (C=O) groups excluding carboxylic acids is 1. The smallest absolute Gasteiger partial charge is 0.223 e. The van der Waals surface area contributed by atoms with E-state index >= 15 is 0 Å². The highest BCUT2D eigenvalue weighted by molar-refractivity contribution is 5.78. The molecule has 0 heterocycles. The highest BCUT2D eigenvalue weighted by Gasteiger charge is 2.23. The Morgan fingerprint density at radius 1 is 1.06 bits per heavy atom. The third kappa shape index (κ3) is 4.69. The molecule has 17 heavy (non-hydrogen) atoms. The van der Waals surface area contributed by atoms with E-state index in [-0.39, 0.29) is 0 Å². The second-order valence-corrected chi connectivity index (χ2v) is 6.23. The summed E-state index contributed by atoms with van der Waals surface area (Å²) in [5, 5.41) is 3.18. The molecule has 2 heteroatoms. The molecule has 0 aromatic rings. The standard InChI is InChI=1S/C15H29NO/c1-11(2)14(12(3)4)10-16-15(17)13-8-6-5-7-9-13/h11-14H,5-10H2,1-4H3,(H,16,17). The average Bonchev–Trinajstić information content (AvgIpc) is 2.29. The maximum Gasteiger partial charge on any atom is 0.223 e. The van der Waals surface area contributed by atoms with E-state index in [2.05, 4.69) is 33.0 Å². The number of nitrogens with one attached hydrogen (secondary N) is 1. The molecular weight excluding hydrogens is 210 g/mol. The zero-order chi connectivity index (χ0) is 12.8. The van der Waals surface area contributed by atoms with Gasteiger partial charge < -0.3 is 5.32 Å². The number of hydrogen-bond acceptors (Lipinski definition) is 1. The van der Waals surface area contributed by atoms with Crippen molar-refractivity contribution >= 4 is 5.91 Å². The number of carbonyl (C=O) groups is 1. The van der Waals surface area contributed by atoms with Crippen molar-refractivity contribution in [1.82, 2.24) is 5.32 Å². The van der Waals surface area contributed by atoms with Gasteiger partial charge in [0.1, 0.15) is 0 Å². The highest BCUT2D eigenvalue weighted by atomic mass is 16.1. The molecule has 0 radical (unpaired) electrons. The van der Waals surface area contributed by atoms with E-state index in [0.717, 1.165) is 19.4 Å². The molecule has 1 N–H and O–H groups in total. The molecule has 1 aliphatic rings. The van der Waals surface area contributed by atoms with E-state index < -0.39 is 0 Å². The Balaban J connectivity index is 2.35. The Hall–Kier alpha value is -0.530. The lowest BCUT2D eigenvalue weighted by Crippen LogP contribution is -2.38. The van der Waals surface area contributed by atoms with E-state index in [0.29, 0.717) is 29.6 Å². The van der Waals surface area contributed by atoms with Gasteiger partial charge in [0, 0.05) is 12.5 Å². The minimum atomic E-state index is 0.295. The minimum Gasteiger partial charge on any atom is -0.356 e. The molecule has 1 rings (SSSR count). The molecule has 0 saturated heterocycles. The van der Waals surface area contributed by atoms with Gasteiger partial charge in [-0.2, -0.15) is 0 Å². The van der Waals surface area contributed by atoms with Crippen LogP contribution in [0.1, 0.15) is 59.8 Å². The van der Waals surface area contributed by atoms with Gasteiger partial charge in [0.05, 0.1) is 0 Å². The Bertz CT molecular complexity index is 221. The van der Waals surface area contributed by atoms with Crippen molar-refractivity contribution < 1.29 is 4.79 Å². The van der Waals surface area contributed by atoms with Crippen molar-refractivity contribution in [3.63, 3.8) is 0 Å². The fourth-order valence-electron chi connectivity index (χ4n) is 2.97. The summed E-state index contributed by atoms with van der Waals surface area (Å²) in [4.78, 5) is 12.0. The van der Waals surface area contributed by atoms with Gasteiger partial charge in [-0.25, -0.2) is 0 Å². The molecule has 100 valence electrons. The van der Waals surface area contributed by atoms with Crippen LogP contribution in [0.5, 0.6) is 0 Å². The molecule has 0 spiro atoms. The van der Waals surface area contributed by atoms with Crippen molar-refractivity contribution in [1.29, 1.82) is 0 Å². The quantitative estimate of drug-likeness (QED) is 0.780. The predicted octanol–water partition coefficient (Wildman–Crippen LogP) is 3.61. The topological polar surface area (TPSA) is 29.1 Å². The first-order valence-corrected chi connectivity index (χ1v) is 7.30. The summed E-state index contributed by atoms with van der Waals surface area (Å²) >= 11 is 0. The van der Waals surface area contributed by atoms with E-state index in [1.807, 2.05) is 0 Å². The van der Waals surface area contributed by atoms with Crippen LogP contribution >= 0.6 is 0 Å². The summed E-state index contributed by atoms with van der Waals surface area (Å²) in [6.07, 6.45) is 5.97. The number of rotatable bonds is 5. The van der Waals surface area contributed by atoms with Gasteiger partial charge in [-0.05, 0) is 30.6 Å². The van der Waals surface area contributed by atoms with Crippen molar-refractivity contribution in [2.24, 2.45) is 23.7 Å². The lowest BCUT2D eigenvalue weighted by molar-refractivity contribution is -0.126. The van der Waals surface area contributed by atoms with Crippen molar-refractivity contribution in [3.8, 4) is 0 Å². The molecular formula is C15H29NO. The fourth-order valence-corrected chi connectivity index (χ4v) is 2.97. The van der Waals surface area contributed by atoms with Crippen LogP contribution in [-0.2, 0) is 4.79 Å². The number of hydrogen-bond donors (Lipinski definition) is 1. The summed E-state index contributed by atoms with van der Waals surface area (Å²) in [5.74, 6) is 2.48. The van der Waals surface area contributed by atoms with Crippen LogP contribution in [0.4, 0.5) is 0 Å². The Kier molecular flexibility index (Phi) is 6.01. The van der Waals surface area contributed by atoms with Crippen molar-refractivity contribution in [2.75, 3.05) is 6.54 Å². The lowest BCUT2D eigenvalue weighted by Gasteiger charge is -2.27. The molecule has 1 aliphatic carbocycles. The van der Waals surface area contributed by atoms with Crippen LogP contribution in [0.15, 0.2) is 0 Å². The summed E-state index contributed by atoms with van der Waals surface area (Å²) < 4.78 is 0. The Morgan fingerprint density at radius 2 is 1.59 bits per heavy atom. The number of amides is 1. The SMILES string of the molecule is CC(C)C(CNC(=O)C1CCCCC1)C(C)C. The molecule has 0 unspecified atom stereocenters. The zero-order valence-corrected chi connectivity index (χ0v) is 12.0. The average molecular weight is 239 g/mol. The van der Waals surface area contributed by atoms with E-state index in [1.54, 1.807) is 0 Å². The monoisotopic (exact) mass is 239 g/mol. The van der Waals surface area contributed by atoms with Crippen LogP contribution in [0.2, 0.25) is 0 Å². The summed E-state index contributed by atoms with van der Waals surface area (Å²) in [6.45, 7) is 9.84. The van der Waals surface area contributed by atoms with Gasteiger partial charge in [-0.15, -0.1) is 0 Å². The first-order valence-electron chi connectivity index (χ1n) is 7.30. The fraction of sp³-hybridized carbons (Fsp3) is 0.933. The minimum absolute atomic E-state index is 0.295. The first kappa shape index (κ1) is 14.5. The van der Waals surface area contributed by atoms with Gasteiger partial charge in [-0.3, -0.25) is 4.79 Å². The molecule has 0 aromatic heterocycles. The Labute approximate surface area is 107 Å². The summed E-state index contributed by atoms with van der Waals surface area (Å²) in [6, 6.07) is 0. The maximum absolute atomic E-state index is 12.0. The molecule has 1 fully saturated rings. The van der Waals surface area contributed by atoms with Crippen LogP contribution in [0.3, 0.4) is 0 Å². The highest BCUT2D eigenvalue weighted by Crippen LogP contribution is 2.24. The van der Waals surface area contributed by atoms with Gasteiger partial charge >= 0.3 is 0 Å². The lowest BCUT2D eigenvalue weighted by atomic mass is 9.85. The molecule has 0 aliphatic heterocycles. The molecule has 2 nitrogen and oxygen atoms in total. The largest absolute Gasteiger partial charge is 0.356 e. The van der Waals surface area contributed by atoms with Crippen molar-refractivity contribution in [2.45, 2.75) is 59.8 Å². The molecule has 1 amide bonds. The van der Waals surface area contributed by atoms with Crippen molar-refractivity contribution in [3.05, 3.63) is 0 Å². The zero-order valence-electron chi connectivity index (χ0n) is 12.0. The third-order valence-electron chi connectivity index (χ3n) is 4.20. The predicted molar refractivity (Wildman–Crippen MR) is 72.8 cm³/mol. The van der Waals surface area contributed by atoms with Crippen LogP contribution in [-0.4, -0.2) is 12.5 Å². The Morgan fingerprint density at radius 3 is 2.06 bits per heavy atom. The van der Waals surface area contributed by atoms with Gasteiger partial charge in [0.25, 0.3) is 0 Å². The second-order valence-electron chi connectivity index (χ2n) is 6.23. The van der Waals surface area contributed by atoms with E-state index in [1.165, 1.54) is 19.3 Å². The normalized spacial score (nSPS) is 18.1. The van der Waals surface area contributed by atoms with Crippen LogP contribution in [0, 0.1) is 23.7 Å². The molecule has 1 saturated carbocycles. The maximum atomic E-state index is 12.0. The molecule has 0 bridgehead atoms. The third-order valence-corrected chi connectivity index (χ3v) is 4.20. The van der Waals surface area contributed by atoms with Gasteiger partial charge in [0.2, 0.25) is 5.91 Å². The molecule has 0 aromatic carbocycles. The van der Waals surface area contributed by atoms with E-state index in [4.69, 9.17) is 0 Å². The molecule has 0 atom stereocenters. The van der Waals surface area contributed by atoms with E-state index in [9.17, 15) is 4.79 Å². The second kappa shape index (κ2) is 7.03. The summed E-state index contributed by atoms with van der Waals surface area (Å²) in [7, 11) is 0. The van der Waals surface area contributed by atoms with Crippen LogP contribution < -0.4 is 5.32 Å². The van der Waals surface area contributed by atoms with Gasteiger partial charge in [-0.1, -0.05) is 47.0 Å². The first-order chi connectivity index (χ1) is 8.02. The van der Waals surface area contributed by atoms with Crippen LogP contribution in [0.25, 0.3) is 0 Å².